The van der Waals surface area contributed by atoms with Gasteiger partial charge in [-0.05, 0) is 50.8 Å². The highest BCUT2D eigenvalue weighted by Crippen LogP contribution is 2.35. The van der Waals surface area contributed by atoms with Gasteiger partial charge in [0.05, 0.1) is 5.69 Å². The van der Waals surface area contributed by atoms with Crippen LogP contribution in [0.25, 0.3) is 11.4 Å². The number of H-pyrrole nitrogens is 1. The Bertz CT molecular complexity index is 920. The molecule has 8 heteroatoms. The van der Waals surface area contributed by atoms with Crippen molar-refractivity contribution in [3.63, 3.8) is 0 Å². The number of carbonyl (C=O) groups is 1. The van der Waals surface area contributed by atoms with Gasteiger partial charge in [-0.25, -0.2) is 4.98 Å². The summed E-state index contributed by atoms with van der Waals surface area (Å²) >= 11 is 3.61. The van der Waals surface area contributed by atoms with Crippen LogP contribution in [0.3, 0.4) is 0 Å². The molecule has 1 aliphatic rings. The zero-order valence-electron chi connectivity index (χ0n) is 15.4. The standard InChI is InChI=1S/C19H23N5OS2/c1-12-11-26-19(20-12)27-14-7-5-13(6-8-14)21-18(25)16-10-15(22-23-16)17-4-3-9-24(17)2/h3-4,9-11,13-14H,5-8H2,1-2H3,(H,21,25)(H,22,23). The van der Waals surface area contributed by atoms with Crippen LogP contribution in [-0.4, -0.2) is 36.9 Å². The van der Waals surface area contributed by atoms with E-state index in [2.05, 4.69) is 25.9 Å². The summed E-state index contributed by atoms with van der Waals surface area (Å²) in [6, 6.07) is 6.00. The summed E-state index contributed by atoms with van der Waals surface area (Å²) in [7, 11) is 1.97. The highest BCUT2D eigenvalue weighted by atomic mass is 32.2. The van der Waals surface area contributed by atoms with Gasteiger partial charge in [0.1, 0.15) is 15.7 Å². The van der Waals surface area contributed by atoms with Crippen molar-refractivity contribution in [2.75, 3.05) is 0 Å². The van der Waals surface area contributed by atoms with E-state index in [4.69, 9.17) is 0 Å². The lowest BCUT2D eigenvalue weighted by Gasteiger charge is -2.28. The van der Waals surface area contributed by atoms with Crippen LogP contribution in [0.4, 0.5) is 0 Å². The normalized spacial score (nSPS) is 19.9. The molecule has 142 valence electrons. The molecular formula is C19H23N5OS2. The second-order valence-corrected chi connectivity index (χ2v) is 9.40. The number of rotatable bonds is 5. The van der Waals surface area contributed by atoms with Gasteiger partial charge in [0.15, 0.2) is 0 Å². The van der Waals surface area contributed by atoms with Gasteiger partial charge in [-0.2, -0.15) is 5.10 Å². The lowest BCUT2D eigenvalue weighted by Crippen LogP contribution is -2.38. The van der Waals surface area contributed by atoms with Gasteiger partial charge in [0.25, 0.3) is 5.91 Å². The molecule has 1 amide bonds. The minimum atomic E-state index is -0.0744. The highest BCUT2D eigenvalue weighted by Gasteiger charge is 2.25. The first-order valence-corrected chi connectivity index (χ1v) is 10.9. The molecule has 0 unspecified atom stereocenters. The van der Waals surface area contributed by atoms with Crippen LogP contribution in [-0.2, 0) is 7.05 Å². The van der Waals surface area contributed by atoms with E-state index in [0.29, 0.717) is 10.9 Å². The molecule has 3 aromatic heterocycles. The molecule has 1 aliphatic carbocycles. The van der Waals surface area contributed by atoms with E-state index < -0.39 is 0 Å². The quantitative estimate of drug-likeness (QED) is 0.677. The predicted molar refractivity (Wildman–Crippen MR) is 109 cm³/mol. The molecule has 1 fully saturated rings. The number of hydrogen-bond donors (Lipinski definition) is 2. The zero-order valence-corrected chi connectivity index (χ0v) is 17.1. The fraction of sp³-hybridized carbons (Fsp3) is 0.421. The number of carbonyl (C=O) groups excluding carboxylic acids is 1. The number of nitrogens with zero attached hydrogens (tertiary/aromatic N) is 3. The van der Waals surface area contributed by atoms with Crippen molar-refractivity contribution in [3.8, 4) is 11.4 Å². The van der Waals surface area contributed by atoms with Crippen LogP contribution in [0.2, 0.25) is 0 Å². The summed E-state index contributed by atoms with van der Waals surface area (Å²) in [6.07, 6.45) is 6.18. The molecule has 27 heavy (non-hydrogen) atoms. The molecule has 0 saturated heterocycles. The minimum Gasteiger partial charge on any atom is -0.349 e. The Hall–Kier alpha value is -2.06. The second-order valence-electron chi connectivity index (χ2n) is 6.99. The van der Waals surface area contributed by atoms with E-state index in [1.807, 2.05) is 54.7 Å². The fourth-order valence-electron chi connectivity index (χ4n) is 3.41. The van der Waals surface area contributed by atoms with Gasteiger partial charge in [-0.1, -0.05) is 11.8 Å². The molecule has 0 aromatic carbocycles. The van der Waals surface area contributed by atoms with Crippen molar-refractivity contribution in [3.05, 3.63) is 41.2 Å². The Morgan fingerprint density at radius 2 is 2.19 bits per heavy atom. The maximum absolute atomic E-state index is 12.6. The number of aromatic nitrogens is 4. The summed E-state index contributed by atoms with van der Waals surface area (Å²) in [5.74, 6) is -0.0744. The predicted octanol–water partition coefficient (Wildman–Crippen LogP) is 4.01. The van der Waals surface area contributed by atoms with E-state index >= 15 is 0 Å². The van der Waals surface area contributed by atoms with Crippen LogP contribution in [0.1, 0.15) is 41.9 Å². The number of aryl methyl sites for hydroxylation is 2. The van der Waals surface area contributed by atoms with Crippen LogP contribution in [0.15, 0.2) is 34.1 Å². The number of thiazole rings is 1. The molecule has 0 radical (unpaired) electrons. The van der Waals surface area contributed by atoms with Gasteiger partial charge in [-0.3, -0.25) is 9.89 Å². The number of thioether (sulfide) groups is 1. The third-order valence-corrected chi connectivity index (χ3v) is 7.33. The summed E-state index contributed by atoms with van der Waals surface area (Å²) in [4.78, 5) is 17.1. The van der Waals surface area contributed by atoms with Crippen molar-refractivity contribution in [2.24, 2.45) is 7.05 Å². The van der Waals surface area contributed by atoms with Crippen molar-refractivity contribution in [1.82, 2.24) is 25.1 Å². The number of hydrogen-bond acceptors (Lipinski definition) is 5. The first-order chi connectivity index (χ1) is 13.1. The van der Waals surface area contributed by atoms with Gasteiger partial charge in [0.2, 0.25) is 0 Å². The van der Waals surface area contributed by atoms with Crippen LogP contribution < -0.4 is 5.32 Å². The van der Waals surface area contributed by atoms with E-state index in [9.17, 15) is 4.79 Å². The van der Waals surface area contributed by atoms with Gasteiger partial charge in [-0.15, -0.1) is 11.3 Å². The molecule has 0 aliphatic heterocycles. The summed E-state index contributed by atoms with van der Waals surface area (Å²) in [5.41, 5.74) is 3.38. The molecule has 0 atom stereocenters. The topological polar surface area (TPSA) is 75.6 Å². The van der Waals surface area contributed by atoms with E-state index in [1.165, 1.54) is 0 Å². The average molecular weight is 402 g/mol. The maximum atomic E-state index is 12.6. The zero-order chi connectivity index (χ0) is 18.8. The Balaban J connectivity index is 1.29. The van der Waals surface area contributed by atoms with Crippen LogP contribution >= 0.6 is 23.1 Å². The number of aromatic amines is 1. The van der Waals surface area contributed by atoms with Gasteiger partial charge < -0.3 is 9.88 Å². The summed E-state index contributed by atoms with van der Waals surface area (Å²) in [5, 5.41) is 13.0. The smallest absolute Gasteiger partial charge is 0.269 e. The van der Waals surface area contributed by atoms with Crippen LogP contribution in [0, 0.1) is 6.92 Å². The highest BCUT2D eigenvalue weighted by molar-refractivity contribution is 8.01. The minimum absolute atomic E-state index is 0.0744. The van der Waals surface area contributed by atoms with Crippen molar-refractivity contribution < 1.29 is 4.79 Å². The molecule has 0 spiro atoms. The Morgan fingerprint density at radius 1 is 1.37 bits per heavy atom. The molecule has 1 saturated carbocycles. The molecule has 2 N–H and O–H groups in total. The van der Waals surface area contributed by atoms with E-state index in [0.717, 1.165) is 47.1 Å². The molecule has 3 aromatic rings. The molecule has 6 nitrogen and oxygen atoms in total. The number of nitrogens with one attached hydrogen (secondary N) is 2. The monoisotopic (exact) mass is 401 g/mol. The van der Waals surface area contributed by atoms with E-state index in [-0.39, 0.29) is 11.9 Å². The lowest BCUT2D eigenvalue weighted by atomic mass is 9.95. The Kier molecular flexibility index (Phi) is 5.36. The van der Waals surface area contributed by atoms with Gasteiger partial charge in [0, 0.05) is 35.6 Å². The third kappa shape index (κ3) is 4.27. The largest absolute Gasteiger partial charge is 0.349 e. The van der Waals surface area contributed by atoms with Crippen LogP contribution in [0.5, 0.6) is 0 Å². The van der Waals surface area contributed by atoms with Crippen molar-refractivity contribution in [2.45, 2.75) is 48.2 Å². The van der Waals surface area contributed by atoms with Crippen molar-refractivity contribution in [1.29, 1.82) is 0 Å². The van der Waals surface area contributed by atoms with E-state index in [1.54, 1.807) is 11.3 Å². The van der Waals surface area contributed by atoms with Crippen molar-refractivity contribution >= 4 is 29.0 Å². The molecule has 4 rings (SSSR count). The average Bonchev–Trinajstić information content (AvgIpc) is 3.38. The first-order valence-electron chi connectivity index (χ1n) is 9.15. The summed E-state index contributed by atoms with van der Waals surface area (Å²) in [6.45, 7) is 2.03. The molecule has 3 heterocycles. The maximum Gasteiger partial charge on any atom is 0.269 e. The fourth-order valence-corrected chi connectivity index (χ4v) is 5.70. The molecular weight excluding hydrogens is 378 g/mol. The first kappa shape index (κ1) is 18.3. The lowest BCUT2D eigenvalue weighted by molar-refractivity contribution is 0.0923. The third-order valence-electron chi connectivity index (χ3n) is 4.90. The van der Waals surface area contributed by atoms with Gasteiger partial charge >= 0.3 is 0 Å². The summed E-state index contributed by atoms with van der Waals surface area (Å²) < 4.78 is 3.14. The number of amides is 1. The Morgan fingerprint density at radius 3 is 2.85 bits per heavy atom. The molecule has 0 bridgehead atoms. The SMILES string of the molecule is Cc1csc(SC2CCC(NC(=O)c3cc(-c4cccn4C)n[nH]3)CC2)n1. The second kappa shape index (κ2) is 7.90. The Labute approximate surface area is 166 Å².